The second-order valence-electron chi connectivity index (χ2n) is 9.90. The Bertz CT molecular complexity index is 1390. The third kappa shape index (κ3) is 5.10. The number of ketones is 1. The van der Waals surface area contributed by atoms with Gasteiger partial charge in [-0.1, -0.05) is 32.0 Å². The van der Waals surface area contributed by atoms with Crippen molar-refractivity contribution in [3.8, 4) is 11.5 Å². The quantitative estimate of drug-likeness (QED) is 0.235. The van der Waals surface area contributed by atoms with Gasteiger partial charge in [0.15, 0.2) is 0 Å². The molecule has 0 radical (unpaired) electrons. The van der Waals surface area contributed by atoms with Crippen molar-refractivity contribution in [1.29, 1.82) is 0 Å². The summed E-state index contributed by atoms with van der Waals surface area (Å²) in [6, 6.07) is 17.3. The molecule has 4 rings (SSSR count). The van der Waals surface area contributed by atoms with E-state index in [1.807, 2.05) is 45.0 Å². The van der Waals surface area contributed by atoms with Gasteiger partial charge in [0.05, 0.1) is 25.3 Å². The Morgan fingerprint density at radius 2 is 1.70 bits per heavy atom. The number of methoxy groups -OCH3 is 1. The number of ether oxygens (including phenoxy) is 2. The van der Waals surface area contributed by atoms with E-state index in [1.54, 1.807) is 43.5 Å². The number of hydrogen-bond acceptors (Lipinski definition) is 5. The van der Waals surface area contributed by atoms with Crippen LogP contribution in [0.3, 0.4) is 0 Å². The predicted octanol–water partition coefficient (Wildman–Crippen LogP) is 6.28. The van der Waals surface area contributed by atoms with Crippen molar-refractivity contribution < 1.29 is 24.2 Å². The molecule has 192 valence electrons. The van der Waals surface area contributed by atoms with Gasteiger partial charge in [-0.25, -0.2) is 0 Å². The minimum atomic E-state index is -0.825. The highest BCUT2D eigenvalue weighted by Gasteiger charge is 2.47. The monoisotopic (exact) mass is 499 g/mol. The van der Waals surface area contributed by atoms with E-state index >= 15 is 0 Å². The fourth-order valence-electron chi connectivity index (χ4n) is 4.47. The van der Waals surface area contributed by atoms with Gasteiger partial charge in [-0.3, -0.25) is 14.5 Å². The number of Topliss-reactive ketones (excluding diaryl/α,β-unsaturated/α-hetero) is 1. The van der Waals surface area contributed by atoms with Crippen LogP contribution in [0, 0.1) is 26.7 Å². The van der Waals surface area contributed by atoms with Gasteiger partial charge in [0, 0.05) is 11.3 Å². The predicted molar refractivity (Wildman–Crippen MR) is 145 cm³/mol. The number of benzene rings is 3. The first-order chi connectivity index (χ1) is 17.6. The minimum absolute atomic E-state index is 0.0340. The summed E-state index contributed by atoms with van der Waals surface area (Å²) in [6.07, 6.45) is 0. The van der Waals surface area contributed by atoms with Gasteiger partial charge < -0.3 is 14.6 Å². The van der Waals surface area contributed by atoms with E-state index in [4.69, 9.17) is 9.47 Å². The average Bonchev–Trinajstić information content (AvgIpc) is 3.14. The normalized spacial score (nSPS) is 16.9. The van der Waals surface area contributed by atoms with Crippen molar-refractivity contribution >= 4 is 23.1 Å². The van der Waals surface area contributed by atoms with E-state index < -0.39 is 17.7 Å². The number of amides is 1. The summed E-state index contributed by atoms with van der Waals surface area (Å²) in [7, 11) is 1.56. The van der Waals surface area contributed by atoms with E-state index in [0.29, 0.717) is 40.8 Å². The molecule has 0 aromatic heterocycles. The number of aliphatic hydroxyl groups excluding tert-OH is 1. The zero-order valence-electron chi connectivity index (χ0n) is 22.2. The first kappa shape index (κ1) is 26.0. The van der Waals surface area contributed by atoms with Crippen molar-refractivity contribution in [3.05, 3.63) is 94.1 Å². The molecule has 1 aliphatic heterocycles. The Balaban J connectivity index is 1.88. The zero-order valence-corrected chi connectivity index (χ0v) is 22.2. The molecule has 1 unspecified atom stereocenters. The van der Waals surface area contributed by atoms with Crippen LogP contribution >= 0.6 is 0 Å². The molecule has 1 N–H and O–H groups in total. The van der Waals surface area contributed by atoms with Gasteiger partial charge in [-0.05, 0) is 91.4 Å². The smallest absolute Gasteiger partial charge is 0.300 e. The van der Waals surface area contributed by atoms with Gasteiger partial charge in [0.1, 0.15) is 17.3 Å². The lowest BCUT2D eigenvalue weighted by molar-refractivity contribution is -0.132. The van der Waals surface area contributed by atoms with E-state index in [0.717, 1.165) is 16.7 Å². The zero-order chi connectivity index (χ0) is 26.9. The number of rotatable bonds is 7. The molecule has 0 aliphatic carbocycles. The fourth-order valence-corrected chi connectivity index (χ4v) is 4.47. The third-order valence-corrected chi connectivity index (χ3v) is 6.64. The third-order valence-electron chi connectivity index (χ3n) is 6.64. The molecule has 6 nitrogen and oxygen atoms in total. The molecule has 1 amide bonds. The van der Waals surface area contributed by atoms with Crippen LogP contribution in [0.1, 0.15) is 47.7 Å². The molecule has 1 atom stereocenters. The Morgan fingerprint density at radius 1 is 0.946 bits per heavy atom. The summed E-state index contributed by atoms with van der Waals surface area (Å²) >= 11 is 0. The SMILES string of the molecule is COc1cccc(C2/C(=C(\O)c3ccc(OCC(C)C)c(C)c3)C(=O)C(=O)N2c2ccc(C)c(C)c2)c1. The molecule has 3 aromatic rings. The topological polar surface area (TPSA) is 76.1 Å². The highest BCUT2D eigenvalue weighted by molar-refractivity contribution is 6.51. The van der Waals surface area contributed by atoms with Crippen LogP contribution in [0.4, 0.5) is 5.69 Å². The Morgan fingerprint density at radius 3 is 2.35 bits per heavy atom. The number of carbonyl (C=O) groups excluding carboxylic acids is 2. The van der Waals surface area contributed by atoms with Gasteiger partial charge in [0.2, 0.25) is 0 Å². The lowest BCUT2D eigenvalue weighted by atomic mass is 9.94. The van der Waals surface area contributed by atoms with Crippen molar-refractivity contribution in [1.82, 2.24) is 0 Å². The summed E-state index contributed by atoms with van der Waals surface area (Å²) < 4.78 is 11.3. The van der Waals surface area contributed by atoms with Crippen LogP contribution < -0.4 is 14.4 Å². The van der Waals surface area contributed by atoms with Crippen molar-refractivity contribution in [2.45, 2.75) is 40.7 Å². The number of hydrogen-bond donors (Lipinski definition) is 1. The summed E-state index contributed by atoms with van der Waals surface area (Å²) in [4.78, 5) is 28.4. The number of carbonyl (C=O) groups is 2. The van der Waals surface area contributed by atoms with Crippen LogP contribution in [-0.4, -0.2) is 30.5 Å². The number of nitrogens with zero attached hydrogens (tertiary/aromatic N) is 1. The maximum atomic E-state index is 13.5. The Hall–Kier alpha value is -4.06. The molecule has 0 spiro atoms. The van der Waals surface area contributed by atoms with Crippen molar-refractivity contribution in [2.24, 2.45) is 5.92 Å². The van der Waals surface area contributed by atoms with Crippen LogP contribution in [0.5, 0.6) is 11.5 Å². The Kier molecular flexibility index (Phi) is 7.39. The maximum Gasteiger partial charge on any atom is 0.300 e. The number of anilines is 1. The van der Waals surface area contributed by atoms with Gasteiger partial charge in [-0.15, -0.1) is 0 Å². The Labute approximate surface area is 218 Å². The highest BCUT2D eigenvalue weighted by Crippen LogP contribution is 2.43. The standard InChI is InChI=1S/C31H33NO5/c1-18(2)17-37-26-13-11-23(14-21(26)5)29(33)27-28(22-8-7-9-25(16-22)36-6)32(31(35)30(27)34)24-12-10-19(3)20(4)15-24/h7-16,18,28,33H,17H2,1-6H3/b29-27+. The molecule has 1 saturated heterocycles. The van der Waals surface area contributed by atoms with Crippen LogP contribution in [0.25, 0.3) is 5.76 Å². The van der Waals surface area contributed by atoms with E-state index in [1.165, 1.54) is 4.90 Å². The largest absolute Gasteiger partial charge is 0.507 e. The first-order valence-corrected chi connectivity index (χ1v) is 12.4. The second kappa shape index (κ2) is 10.5. The molecule has 1 fully saturated rings. The molecular weight excluding hydrogens is 466 g/mol. The molecule has 1 aliphatic rings. The summed E-state index contributed by atoms with van der Waals surface area (Å²) in [5, 5.41) is 11.5. The molecule has 3 aromatic carbocycles. The average molecular weight is 500 g/mol. The minimum Gasteiger partial charge on any atom is -0.507 e. The molecule has 0 saturated carbocycles. The van der Waals surface area contributed by atoms with Crippen molar-refractivity contribution in [2.75, 3.05) is 18.6 Å². The molecular formula is C31H33NO5. The molecule has 0 bridgehead atoms. The second-order valence-corrected chi connectivity index (χ2v) is 9.90. The molecule has 37 heavy (non-hydrogen) atoms. The summed E-state index contributed by atoms with van der Waals surface area (Å²) in [6.45, 7) is 10.6. The molecule has 1 heterocycles. The van der Waals surface area contributed by atoms with E-state index in [-0.39, 0.29) is 11.3 Å². The molecule has 6 heteroatoms. The fraction of sp³-hybridized carbons (Fsp3) is 0.290. The van der Waals surface area contributed by atoms with Crippen LogP contribution in [0.2, 0.25) is 0 Å². The van der Waals surface area contributed by atoms with Crippen LogP contribution in [-0.2, 0) is 9.59 Å². The first-order valence-electron chi connectivity index (χ1n) is 12.4. The van der Waals surface area contributed by atoms with Gasteiger partial charge >= 0.3 is 0 Å². The van der Waals surface area contributed by atoms with E-state index in [9.17, 15) is 14.7 Å². The summed E-state index contributed by atoms with van der Waals surface area (Å²) in [5.74, 6) is 0.0242. The van der Waals surface area contributed by atoms with Gasteiger partial charge in [-0.2, -0.15) is 0 Å². The lowest BCUT2D eigenvalue weighted by Gasteiger charge is -2.26. The van der Waals surface area contributed by atoms with Crippen LogP contribution in [0.15, 0.2) is 66.2 Å². The number of aryl methyl sites for hydroxylation is 3. The lowest BCUT2D eigenvalue weighted by Crippen LogP contribution is -2.29. The summed E-state index contributed by atoms with van der Waals surface area (Å²) in [5.41, 5.74) is 4.63. The van der Waals surface area contributed by atoms with E-state index in [2.05, 4.69) is 13.8 Å². The van der Waals surface area contributed by atoms with Crippen molar-refractivity contribution in [3.63, 3.8) is 0 Å². The highest BCUT2D eigenvalue weighted by atomic mass is 16.5. The number of aliphatic hydroxyl groups is 1. The maximum absolute atomic E-state index is 13.5. The van der Waals surface area contributed by atoms with Gasteiger partial charge in [0.25, 0.3) is 11.7 Å².